The maximum atomic E-state index is 6.46. The van der Waals surface area contributed by atoms with Crippen molar-refractivity contribution in [3.05, 3.63) is 200 Å². The molecule has 0 N–H and O–H groups in total. The zero-order valence-corrected chi connectivity index (χ0v) is 33.9. The van der Waals surface area contributed by atoms with E-state index in [0.717, 1.165) is 83.2 Å². The summed E-state index contributed by atoms with van der Waals surface area (Å²) in [6.45, 7) is 0. The molecule has 1 saturated carbocycles. The van der Waals surface area contributed by atoms with Gasteiger partial charge in [0.15, 0.2) is 0 Å². The van der Waals surface area contributed by atoms with Crippen LogP contribution in [-0.2, 0) is 0 Å². The molecule has 2 aromatic heterocycles. The number of furan rings is 2. The molecule has 1 fully saturated rings. The van der Waals surface area contributed by atoms with Crippen LogP contribution in [0.3, 0.4) is 0 Å². The van der Waals surface area contributed by atoms with Crippen LogP contribution >= 0.6 is 0 Å². The molecule has 9 aromatic carbocycles. The van der Waals surface area contributed by atoms with Crippen LogP contribution in [0.1, 0.15) is 43.6 Å². The van der Waals surface area contributed by atoms with E-state index in [9.17, 15) is 0 Å². The van der Waals surface area contributed by atoms with Gasteiger partial charge >= 0.3 is 0 Å². The first-order valence-corrected chi connectivity index (χ1v) is 21.7. The van der Waals surface area contributed by atoms with Gasteiger partial charge in [-0.05, 0) is 112 Å². The molecule has 0 spiro atoms. The van der Waals surface area contributed by atoms with Crippen LogP contribution in [0.25, 0.3) is 88.0 Å². The highest BCUT2D eigenvalue weighted by atomic mass is 16.3. The van der Waals surface area contributed by atoms with Crippen molar-refractivity contribution in [3.63, 3.8) is 0 Å². The van der Waals surface area contributed by atoms with Gasteiger partial charge in [-0.1, -0.05) is 159 Å². The van der Waals surface area contributed by atoms with Gasteiger partial charge in [0.2, 0.25) is 0 Å². The van der Waals surface area contributed by atoms with Crippen LogP contribution in [0.15, 0.2) is 203 Å². The number of rotatable bonds is 7. The Morgan fingerprint density at radius 3 is 1.72 bits per heavy atom. The lowest BCUT2D eigenvalue weighted by atomic mass is 9.80. The Morgan fingerprint density at radius 1 is 0.377 bits per heavy atom. The zero-order chi connectivity index (χ0) is 40.3. The molecule has 61 heavy (non-hydrogen) atoms. The molecule has 1 aliphatic rings. The second-order valence-corrected chi connectivity index (χ2v) is 16.6. The molecule has 1 aliphatic carbocycles. The summed E-state index contributed by atoms with van der Waals surface area (Å²) in [6.07, 6.45) is 6.41. The van der Waals surface area contributed by atoms with Crippen LogP contribution in [-0.4, -0.2) is 0 Å². The van der Waals surface area contributed by atoms with Crippen molar-refractivity contribution in [1.29, 1.82) is 0 Å². The van der Waals surface area contributed by atoms with E-state index in [1.807, 2.05) is 18.2 Å². The number of nitrogens with zero attached hydrogens (tertiary/aromatic N) is 1. The largest absolute Gasteiger partial charge is 0.456 e. The van der Waals surface area contributed by atoms with E-state index >= 15 is 0 Å². The molecule has 12 rings (SSSR count). The second-order valence-electron chi connectivity index (χ2n) is 16.6. The van der Waals surface area contributed by atoms with Crippen molar-refractivity contribution in [2.45, 2.75) is 38.0 Å². The SMILES string of the molecule is c1cc(-c2ccc3c(c2)oc2ccccc23)cc(N(c2ccccc2-c2cccc3cccc(C4CCCCC4)c23)c2ccccc2-c2cccc3oc4ccccc4c23)c1. The first kappa shape index (κ1) is 35.6. The Morgan fingerprint density at radius 2 is 0.934 bits per heavy atom. The van der Waals surface area contributed by atoms with Crippen molar-refractivity contribution in [2.75, 3.05) is 4.90 Å². The molecule has 3 heteroatoms. The molecule has 0 saturated heterocycles. The molecule has 11 aromatic rings. The third-order valence-corrected chi connectivity index (χ3v) is 13.1. The topological polar surface area (TPSA) is 29.5 Å². The van der Waals surface area contributed by atoms with Crippen molar-refractivity contribution in [3.8, 4) is 33.4 Å². The minimum Gasteiger partial charge on any atom is -0.456 e. The molecule has 0 bridgehead atoms. The number of benzene rings is 9. The summed E-state index contributed by atoms with van der Waals surface area (Å²) in [5.41, 5.74) is 15.3. The second kappa shape index (κ2) is 14.7. The first-order valence-electron chi connectivity index (χ1n) is 21.7. The average molecular weight is 786 g/mol. The van der Waals surface area contributed by atoms with E-state index < -0.39 is 0 Å². The molecule has 3 nitrogen and oxygen atoms in total. The fourth-order valence-corrected chi connectivity index (χ4v) is 10.3. The highest BCUT2D eigenvalue weighted by molar-refractivity contribution is 6.14. The van der Waals surface area contributed by atoms with Gasteiger partial charge in [0.25, 0.3) is 0 Å². The van der Waals surface area contributed by atoms with Gasteiger partial charge < -0.3 is 13.7 Å². The third-order valence-electron chi connectivity index (χ3n) is 13.1. The molecule has 292 valence electrons. The molecular formula is C58H43NO2. The van der Waals surface area contributed by atoms with E-state index in [1.165, 1.54) is 59.6 Å². The summed E-state index contributed by atoms with van der Waals surface area (Å²) in [5, 5.41) is 7.17. The number of hydrogen-bond donors (Lipinski definition) is 0. The summed E-state index contributed by atoms with van der Waals surface area (Å²) in [7, 11) is 0. The van der Waals surface area contributed by atoms with Crippen LogP contribution < -0.4 is 4.90 Å². The molecule has 0 amide bonds. The van der Waals surface area contributed by atoms with E-state index in [1.54, 1.807) is 0 Å². The smallest absolute Gasteiger partial charge is 0.136 e. The van der Waals surface area contributed by atoms with Gasteiger partial charge in [-0.15, -0.1) is 0 Å². The molecule has 0 aliphatic heterocycles. The fraction of sp³-hybridized carbons (Fsp3) is 0.103. The monoisotopic (exact) mass is 785 g/mol. The third kappa shape index (κ3) is 6.03. The van der Waals surface area contributed by atoms with Crippen molar-refractivity contribution < 1.29 is 8.83 Å². The average Bonchev–Trinajstić information content (AvgIpc) is 3.90. The highest BCUT2D eigenvalue weighted by Gasteiger charge is 2.25. The predicted molar refractivity (Wildman–Crippen MR) is 255 cm³/mol. The summed E-state index contributed by atoms with van der Waals surface area (Å²) in [6, 6.07) is 70.4. The summed E-state index contributed by atoms with van der Waals surface area (Å²) in [4.78, 5) is 2.48. The fourth-order valence-electron chi connectivity index (χ4n) is 10.3. The van der Waals surface area contributed by atoms with Crippen LogP contribution in [0.2, 0.25) is 0 Å². The molecule has 0 atom stereocenters. The standard InChI is InChI=1S/C58H43NO2/c1-2-16-38(17-3-1)43-26-13-18-39-19-14-27-48(57(39)43)44-22-4-8-29-51(44)59(42-21-12-20-40(36-42)41-34-35-47-46-24-6-10-31-53(46)61-56(47)37-41)52-30-9-5-23-45(52)49-28-15-33-55-58(49)50-25-7-11-32-54(50)60-55/h4-15,18-38H,1-3,16-17H2. The van der Waals surface area contributed by atoms with Crippen LogP contribution in [0, 0.1) is 0 Å². The van der Waals surface area contributed by atoms with Gasteiger partial charge in [-0.2, -0.15) is 0 Å². The van der Waals surface area contributed by atoms with Gasteiger partial charge in [-0.25, -0.2) is 0 Å². The lowest BCUT2D eigenvalue weighted by molar-refractivity contribution is 0.445. The van der Waals surface area contributed by atoms with Crippen LogP contribution in [0.5, 0.6) is 0 Å². The Bertz CT molecular complexity index is 3430. The summed E-state index contributed by atoms with van der Waals surface area (Å²) >= 11 is 0. The minimum atomic E-state index is 0.564. The van der Waals surface area contributed by atoms with E-state index in [4.69, 9.17) is 8.83 Å². The molecular weight excluding hydrogens is 743 g/mol. The van der Waals surface area contributed by atoms with Gasteiger partial charge in [0.05, 0.1) is 11.4 Å². The van der Waals surface area contributed by atoms with Crippen molar-refractivity contribution >= 4 is 71.7 Å². The number of anilines is 3. The summed E-state index contributed by atoms with van der Waals surface area (Å²) < 4.78 is 12.8. The normalized spacial score (nSPS) is 13.5. The molecule has 2 heterocycles. The first-order chi connectivity index (χ1) is 30.3. The lowest BCUT2D eigenvalue weighted by Gasteiger charge is -2.31. The Balaban J connectivity index is 1.10. The van der Waals surface area contributed by atoms with E-state index in [-0.39, 0.29) is 0 Å². The van der Waals surface area contributed by atoms with Gasteiger partial charge in [0, 0.05) is 38.4 Å². The predicted octanol–water partition coefficient (Wildman–Crippen LogP) is 17.2. The molecule has 0 radical (unpaired) electrons. The van der Waals surface area contributed by atoms with Crippen molar-refractivity contribution in [1.82, 2.24) is 0 Å². The zero-order valence-electron chi connectivity index (χ0n) is 33.9. The maximum absolute atomic E-state index is 6.46. The van der Waals surface area contributed by atoms with E-state index in [2.05, 4.69) is 181 Å². The Labute approximate surface area is 355 Å². The minimum absolute atomic E-state index is 0.564. The van der Waals surface area contributed by atoms with Crippen LogP contribution in [0.4, 0.5) is 17.1 Å². The Hall–Kier alpha value is -7.36. The maximum Gasteiger partial charge on any atom is 0.136 e. The summed E-state index contributed by atoms with van der Waals surface area (Å²) in [5.74, 6) is 0.564. The number of hydrogen-bond acceptors (Lipinski definition) is 3. The number of para-hydroxylation sites is 4. The number of fused-ring (bicyclic) bond motifs is 7. The molecule has 0 unspecified atom stereocenters. The van der Waals surface area contributed by atoms with E-state index in [0.29, 0.717) is 5.92 Å². The lowest BCUT2D eigenvalue weighted by Crippen LogP contribution is -2.13. The Kier molecular flexibility index (Phi) is 8.59. The van der Waals surface area contributed by atoms with Crippen molar-refractivity contribution in [2.24, 2.45) is 0 Å². The van der Waals surface area contributed by atoms with Gasteiger partial charge in [-0.3, -0.25) is 0 Å². The van der Waals surface area contributed by atoms with Gasteiger partial charge in [0.1, 0.15) is 22.3 Å². The highest BCUT2D eigenvalue weighted by Crippen LogP contribution is 2.49. The quantitative estimate of drug-likeness (QED) is 0.161.